The van der Waals surface area contributed by atoms with Gasteiger partial charge in [0.25, 0.3) is 0 Å². The van der Waals surface area contributed by atoms with Crippen molar-refractivity contribution in [1.82, 2.24) is 0 Å². The van der Waals surface area contributed by atoms with E-state index in [9.17, 15) is 0 Å². The lowest BCUT2D eigenvalue weighted by Gasteiger charge is -2.17. The third kappa shape index (κ3) is 24.4. The minimum absolute atomic E-state index is 0.233. The van der Waals surface area contributed by atoms with E-state index in [1.807, 2.05) is 20.8 Å². The summed E-state index contributed by atoms with van der Waals surface area (Å²) in [6.45, 7) is 13.9. The molecule has 32 heavy (non-hydrogen) atoms. The smallest absolute Gasteiger partial charge is 0.0459 e. The summed E-state index contributed by atoms with van der Waals surface area (Å²) in [4.78, 5) is 0. The zero-order chi connectivity index (χ0) is 25.4. The van der Waals surface area contributed by atoms with Crippen LogP contribution in [0.5, 0.6) is 0 Å². The van der Waals surface area contributed by atoms with Crippen LogP contribution in [0.2, 0.25) is 0 Å². The van der Waals surface area contributed by atoms with E-state index in [-0.39, 0.29) is 39.6 Å². The summed E-state index contributed by atoms with van der Waals surface area (Å²) in [5.41, 5.74) is 0. The van der Waals surface area contributed by atoms with Gasteiger partial charge in [-0.2, -0.15) is 0 Å². The van der Waals surface area contributed by atoms with Gasteiger partial charge < -0.3 is 30.6 Å². The Morgan fingerprint density at radius 1 is 0.438 bits per heavy atom. The van der Waals surface area contributed by atoms with Crippen LogP contribution in [0.15, 0.2) is 0 Å². The molecule has 0 aliphatic rings. The van der Waals surface area contributed by atoms with Crippen LogP contribution in [0.3, 0.4) is 0 Å². The summed E-state index contributed by atoms with van der Waals surface area (Å²) in [6.07, 6.45) is 8.16. The first-order chi connectivity index (χ1) is 15.2. The molecule has 0 aliphatic heterocycles. The molecular formula is C26H58O6. The van der Waals surface area contributed by atoms with E-state index in [2.05, 4.69) is 20.8 Å². The van der Waals surface area contributed by atoms with E-state index in [0.717, 1.165) is 51.4 Å². The lowest BCUT2D eigenvalue weighted by Crippen LogP contribution is -2.14. The second-order valence-corrected chi connectivity index (χ2v) is 9.64. The van der Waals surface area contributed by atoms with E-state index in [0.29, 0.717) is 35.5 Å². The molecule has 198 valence electrons. The second kappa shape index (κ2) is 27.0. The predicted molar refractivity (Wildman–Crippen MR) is 134 cm³/mol. The molecule has 0 radical (unpaired) electrons. The van der Waals surface area contributed by atoms with Crippen molar-refractivity contribution >= 4 is 0 Å². The van der Waals surface area contributed by atoms with Crippen molar-refractivity contribution in [2.45, 2.75) is 92.9 Å². The minimum Gasteiger partial charge on any atom is -0.396 e. The molecular weight excluding hydrogens is 408 g/mol. The number of aliphatic hydroxyl groups is 6. The van der Waals surface area contributed by atoms with E-state index in [1.54, 1.807) is 0 Å². The Hall–Kier alpha value is -0.240. The Morgan fingerprint density at radius 3 is 1.00 bits per heavy atom. The summed E-state index contributed by atoms with van der Waals surface area (Å²) in [7, 11) is 0. The first-order valence-electron chi connectivity index (χ1n) is 12.9. The van der Waals surface area contributed by atoms with Crippen LogP contribution in [-0.2, 0) is 0 Å². The Morgan fingerprint density at radius 2 is 0.750 bits per heavy atom. The molecule has 0 aliphatic carbocycles. The SMILES string of the molecule is CC(CO)CCCC(C)CO.CCC(CO)CC(C)CO.CCC(CO)CC(CC)CO. The van der Waals surface area contributed by atoms with Gasteiger partial charge in [-0.25, -0.2) is 0 Å². The predicted octanol–water partition coefficient (Wildman–Crippen LogP) is 3.85. The summed E-state index contributed by atoms with van der Waals surface area (Å²) in [6, 6.07) is 0. The highest BCUT2D eigenvalue weighted by atomic mass is 16.3. The zero-order valence-electron chi connectivity index (χ0n) is 22.0. The van der Waals surface area contributed by atoms with Crippen LogP contribution < -0.4 is 0 Å². The average molecular weight is 467 g/mol. The molecule has 0 saturated heterocycles. The van der Waals surface area contributed by atoms with Crippen molar-refractivity contribution in [3.63, 3.8) is 0 Å². The molecule has 0 rings (SSSR count). The molecule has 0 saturated carbocycles. The van der Waals surface area contributed by atoms with Crippen LogP contribution in [0, 0.1) is 35.5 Å². The largest absolute Gasteiger partial charge is 0.396 e. The summed E-state index contributed by atoms with van der Waals surface area (Å²) < 4.78 is 0. The highest BCUT2D eigenvalue weighted by Crippen LogP contribution is 2.17. The van der Waals surface area contributed by atoms with Gasteiger partial charge in [-0.05, 0) is 61.2 Å². The first-order valence-corrected chi connectivity index (χ1v) is 12.9. The third-order valence-corrected chi connectivity index (χ3v) is 6.24. The molecule has 0 amide bonds. The van der Waals surface area contributed by atoms with Crippen LogP contribution in [0.25, 0.3) is 0 Å². The Labute approximate surface area is 199 Å². The molecule has 6 heteroatoms. The summed E-state index contributed by atoms with van der Waals surface area (Å²) in [5.74, 6) is 2.31. The Balaban J connectivity index is -0.000000395. The van der Waals surface area contributed by atoms with Crippen molar-refractivity contribution in [3.8, 4) is 0 Å². The second-order valence-electron chi connectivity index (χ2n) is 9.64. The van der Waals surface area contributed by atoms with Gasteiger partial charge in [0, 0.05) is 39.6 Å². The standard InChI is InChI=1S/2C9H20O2.C8H18O2/c1-8(6-10)4-3-5-9(2)7-11;1-3-8(6-10)5-9(4-2)7-11;1-3-8(6-10)4-7(2)5-9/h2*8-11H,3-7H2,1-2H3;7-10H,3-6H2,1-2H3. The average Bonchev–Trinajstić information content (AvgIpc) is 2.83. The molecule has 0 bridgehead atoms. The summed E-state index contributed by atoms with van der Waals surface area (Å²) in [5, 5.41) is 52.7. The normalized spacial score (nSPS) is 16.5. The van der Waals surface area contributed by atoms with Gasteiger partial charge in [0.05, 0.1) is 0 Å². The first kappa shape index (κ1) is 36.3. The quantitative estimate of drug-likeness (QED) is 0.194. The molecule has 0 aromatic carbocycles. The van der Waals surface area contributed by atoms with E-state index >= 15 is 0 Å². The van der Waals surface area contributed by atoms with Crippen molar-refractivity contribution in [3.05, 3.63) is 0 Å². The van der Waals surface area contributed by atoms with Gasteiger partial charge in [0.1, 0.15) is 0 Å². The summed E-state index contributed by atoms with van der Waals surface area (Å²) >= 11 is 0. The fraction of sp³-hybridized carbons (Fsp3) is 1.00. The van der Waals surface area contributed by atoms with Crippen LogP contribution in [0.4, 0.5) is 0 Å². The van der Waals surface area contributed by atoms with Crippen molar-refractivity contribution < 1.29 is 30.6 Å². The lowest BCUT2D eigenvalue weighted by molar-refractivity contribution is 0.156. The van der Waals surface area contributed by atoms with Gasteiger partial charge in [-0.1, -0.05) is 67.2 Å². The Kier molecular flexibility index (Phi) is 30.7. The molecule has 0 aromatic heterocycles. The minimum atomic E-state index is 0.233. The number of rotatable bonds is 17. The highest BCUT2D eigenvalue weighted by molar-refractivity contribution is 4.62. The highest BCUT2D eigenvalue weighted by Gasteiger charge is 2.11. The van der Waals surface area contributed by atoms with Crippen LogP contribution >= 0.6 is 0 Å². The van der Waals surface area contributed by atoms with E-state index in [1.165, 1.54) is 0 Å². The maximum atomic E-state index is 8.88. The van der Waals surface area contributed by atoms with Gasteiger partial charge in [0.2, 0.25) is 0 Å². The van der Waals surface area contributed by atoms with Gasteiger partial charge in [0.15, 0.2) is 0 Å². The van der Waals surface area contributed by atoms with Gasteiger partial charge in [-0.3, -0.25) is 0 Å². The molecule has 6 N–H and O–H groups in total. The van der Waals surface area contributed by atoms with Crippen molar-refractivity contribution in [1.29, 1.82) is 0 Å². The monoisotopic (exact) mass is 466 g/mol. The van der Waals surface area contributed by atoms with Gasteiger partial charge in [-0.15, -0.1) is 0 Å². The Bertz CT molecular complexity index is 310. The number of hydrogen-bond acceptors (Lipinski definition) is 6. The lowest BCUT2D eigenvalue weighted by atomic mass is 9.92. The number of aliphatic hydroxyl groups excluding tert-OH is 6. The third-order valence-electron chi connectivity index (χ3n) is 6.24. The molecule has 6 atom stereocenters. The fourth-order valence-corrected chi connectivity index (χ4v) is 3.22. The van der Waals surface area contributed by atoms with Crippen LogP contribution in [0.1, 0.15) is 92.9 Å². The van der Waals surface area contributed by atoms with E-state index in [4.69, 9.17) is 30.6 Å². The van der Waals surface area contributed by atoms with Crippen molar-refractivity contribution in [2.75, 3.05) is 39.6 Å². The fourth-order valence-electron chi connectivity index (χ4n) is 3.22. The molecule has 0 heterocycles. The molecule has 6 nitrogen and oxygen atoms in total. The van der Waals surface area contributed by atoms with Crippen molar-refractivity contribution in [2.24, 2.45) is 35.5 Å². The molecule has 0 fully saturated rings. The molecule has 6 unspecified atom stereocenters. The van der Waals surface area contributed by atoms with Gasteiger partial charge >= 0.3 is 0 Å². The molecule has 0 aromatic rings. The maximum absolute atomic E-state index is 8.88. The molecule has 0 spiro atoms. The van der Waals surface area contributed by atoms with Crippen LogP contribution in [-0.4, -0.2) is 70.3 Å². The topological polar surface area (TPSA) is 121 Å². The number of hydrogen-bond donors (Lipinski definition) is 6. The maximum Gasteiger partial charge on any atom is 0.0459 e. The van der Waals surface area contributed by atoms with E-state index < -0.39 is 0 Å². The zero-order valence-corrected chi connectivity index (χ0v) is 22.0.